The van der Waals surface area contributed by atoms with Crippen LogP contribution >= 0.6 is 12.4 Å². The van der Waals surface area contributed by atoms with Crippen molar-refractivity contribution in [3.05, 3.63) is 24.3 Å². The molecule has 0 heterocycles. The molecule has 10 heteroatoms. The Morgan fingerprint density at radius 3 is 2.43 bits per heavy atom. The second-order valence-corrected chi connectivity index (χ2v) is 7.21. The number of benzene rings is 1. The zero-order valence-corrected chi connectivity index (χ0v) is 13.9. The van der Waals surface area contributed by atoms with Gasteiger partial charge in [0.05, 0.1) is 4.90 Å². The number of sulfonamides is 1. The molecule has 0 aromatic heterocycles. The summed E-state index contributed by atoms with van der Waals surface area (Å²) in [6.07, 6.45) is -3.14. The standard InChI is InChI=1S/C13H17F3N2O3S.ClH/c1-12(8-17,9-5-6-9)18-22(19,20)11-4-2-3-10(7-11)21-13(14,15)16;/h2-4,7,9,18H,5-6,8,17H2,1H3;1H. The highest BCUT2D eigenvalue weighted by molar-refractivity contribution is 7.89. The summed E-state index contributed by atoms with van der Waals surface area (Å²) in [5.41, 5.74) is 4.84. The van der Waals surface area contributed by atoms with Crippen LogP contribution in [0.25, 0.3) is 0 Å². The minimum absolute atomic E-state index is 0. The van der Waals surface area contributed by atoms with Gasteiger partial charge in [-0.1, -0.05) is 6.07 Å². The lowest BCUT2D eigenvalue weighted by atomic mass is 9.98. The van der Waals surface area contributed by atoms with Crippen LogP contribution in [0.4, 0.5) is 13.2 Å². The van der Waals surface area contributed by atoms with Crippen molar-refractivity contribution in [3.63, 3.8) is 0 Å². The molecule has 0 aliphatic heterocycles. The average Bonchev–Trinajstić information content (AvgIpc) is 3.21. The number of nitrogens with two attached hydrogens (primary N) is 1. The number of rotatable bonds is 6. The van der Waals surface area contributed by atoms with Crippen molar-refractivity contribution in [2.75, 3.05) is 6.54 Å². The van der Waals surface area contributed by atoms with Crippen LogP contribution < -0.4 is 15.2 Å². The molecule has 2 rings (SSSR count). The molecule has 0 amide bonds. The van der Waals surface area contributed by atoms with Gasteiger partial charge < -0.3 is 10.5 Å². The first-order valence-corrected chi connectivity index (χ1v) is 8.14. The lowest BCUT2D eigenvalue weighted by Crippen LogP contribution is -2.52. The molecule has 1 fully saturated rings. The number of halogens is 4. The lowest BCUT2D eigenvalue weighted by Gasteiger charge is -2.29. The topological polar surface area (TPSA) is 81.4 Å². The van der Waals surface area contributed by atoms with Crippen molar-refractivity contribution in [1.29, 1.82) is 0 Å². The smallest absolute Gasteiger partial charge is 0.406 e. The second kappa shape index (κ2) is 6.84. The Hall–Kier alpha value is -1.03. The third-order valence-electron chi connectivity index (χ3n) is 3.62. The summed E-state index contributed by atoms with van der Waals surface area (Å²) in [7, 11) is -3.99. The summed E-state index contributed by atoms with van der Waals surface area (Å²) >= 11 is 0. The van der Waals surface area contributed by atoms with E-state index in [1.165, 1.54) is 12.1 Å². The van der Waals surface area contributed by atoms with Gasteiger partial charge in [-0.05, 0) is 37.8 Å². The molecular formula is C13H18ClF3N2O3S. The molecule has 23 heavy (non-hydrogen) atoms. The van der Waals surface area contributed by atoms with Gasteiger partial charge in [-0.2, -0.15) is 0 Å². The average molecular weight is 375 g/mol. The van der Waals surface area contributed by atoms with Crippen LogP contribution in [0.5, 0.6) is 5.75 Å². The van der Waals surface area contributed by atoms with Gasteiger partial charge in [-0.15, -0.1) is 25.6 Å². The fourth-order valence-corrected chi connectivity index (χ4v) is 3.73. The van der Waals surface area contributed by atoms with Crippen LogP contribution in [0, 0.1) is 5.92 Å². The molecular weight excluding hydrogens is 357 g/mol. The molecule has 1 aliphatic rings. The molecule has 1 saturated carbocycles. The quantitative estimate of drug-likeness (QED) is 0.801. The van der Waals surface area contributed by atoms with Gasteiger partial charge in [0.1, 0.15) is 5.75 Å². The normalized spacial score (nSPS) is 18.0. The SMILES string of the molecule is CC(CN)(NS(=O)(=O)c1cccc(OC(F)(F)F)c1)C1CC1.Cl. The van der Waals surface area contributed by atoms with Gasteiger partial charge >= 0.3 is 6.36 Å². The van der Waals surface area contributed by atoms with Gasteiger partial charge in [0.2, 0.25) is 10.0 Å². The third kappa shape index (κ3) is 5.23. The molecule has 3 N–H and O–H groups in total. The minimum atomic E-state index is -4.88. The number of alkyl halides is 3. The monoisotopic (exact) mass is 374 g/mol. The molecule has 0 saturated heterocycles. The fraction of sp³-hybridized carbons (Fsp3) is 0.538. The minimum Gasteiger partial charge on any atom is -0.406 e. The van der Waals surface area contributed by atoms with E-state index in [2.05, 4.69) is 9.46 Å². The number of ether oxygens (including phenoxy) is 1. The van der Waals surface area contributed by atoms with E-state index in [-0.39, 0.29) is 29.8 Å². The molecule has 1 aliphatic carbocycles. The van der Waals surface area contributed by atoms with Crippen molar-refractivity contribution in [2.45, 2.75) is 36.6 Å². The van der Waals surface area contributed by atoms with Crippen molar-refractivity contribution in [2.24, 2.45) is 11.7 Å². The molecule has 1 aromatic carbocycles. The third-order valence-corrected chi connectivity index (χ3v) is 5.23. The van der Waals surface area contributed by atoms with E-state index in [0.29, 0.717) is 0 Å². The van der Waals surface area contributed by atoms with Crippen LogP contribution in [0.1, 0.15) is 19.8 Å². The highest BCUT2D eigenvalue weighted by Crippen LogP contribution is 2.39. The Balaban J connectivity index is 0.00000264. The largest absolute Gasteiger partial charge is 0.573 e. The highest BCUT2D eigenvalue weighted by Gasteiger charge is 2.43. The predicted molar refractivity (Wildman–Crippen MR) is 80.9 cm³/mol. The van der Waals surface area contributed by atoms with Gasteiger partial charge in [-0.3, -0.25) is 0 Å². The van der Waals surface area contributed by atoms with Crippen LogP contribution in [0.3, 0.4) is 0 Å². The summed E-state index contributed by atoms with van der Waals surface area (Å²) < 4.78 is 67.6. The molecule has 1 aromatic rings. The summed E-state index contributed by atoms with van der Waals surface area (Å²) in [6, 6.07) is 4.26. The first-order valence-electron chi connectivity index (χ1n) is 6.66. The number of hydrogen-bond donors (Lipinski definition) is 2. The predicted octanol–water partition coefficient (Wildman–Crippen LogP) is 2.41. The van der Waals surface area contributed by atoms with E-state index in [1.807, 2.05) is 0 Å². The lowest BCUT2D eigenvalue weighted by molar-refractivity contribution is -0.274. The van der Waals surface area contributed by atoms with Gasteiger partial charge in [0.15, 0.2) is 0 Å². The van der Waals surface area contributed by atoms with Crippen molar-refractivity contribution in [1.82, 2.24) is 4.72 Å². The fourth-order valence-electron chi connectivity index (χ4n) is 2.22. The first kappa shape index (κ1) is 20.0. The number of hydrogen-bond acceptors (Lipinski definition) is 4. The second-order valence-electron chi connectivity index (χ2n) is 5.52. The van der Waals surface area contributed by atoms with Gasteiger partial charge in [0, 0.05) is 18.2 Å². The molecule has 5 nitrogen and oxygen atoms in total. The molecule has 0 radical (unpaired) electrons. The van der Waals surface area contributed by atoms with Crippen molar-refractivity contribution < 1.29 is 26.3 Å². The van der Waals surface area contributed by atoms with E-state index >= 15 is 0 Å². The van der Waals surface area contributed by atoms with Crippen LogP contribution in [-0.2, 0) is 10.0 Å². The summed E-state index contributed by atoms with van der Waals surface area (Å²) in [5.74, 6) is -0.446. The zero-order valence-electron chi connectivity index (χ0n) is 12.3. The first-order chi connectivity index (χ1) is 10.1. The molecule has 1 unspecified atom stereocenters. The van der Waals surface area contributed by atoms with Crippen molar-refractivity contribution in [3.8, 4) is 5.75 Å². The van der Waals surface area contributed by atoms with E-state index in [1.54, 1.807) is 6.92 Å². The Kier molecular flexibility index (Phi) is 5.95. The van der Waals surface area contributed by atoms with Crippen LogP contribution in [0.15, 0.2) is 29.2 Å². The van der Waals surface area contributed by atoms with E-state index in [0.717, 1.165) is 25.0 Å². The zero-order chi connectivity index (χ0) is 16.6. The molecule has 0 bridgehead atoms. The van der Waals surface area contributed by atoms with E-state index in [4.69, 9.17) is 5.73 Å². The molecule has 1 atom stereocenters. The number of nitrogens with one attached hydrogen (secondary N) is 1. The van der Waals surface area contributed by atoms with Gasteiger partial charge in [-0.25, -0.2) is 13.1 Å². The van der Waals surface area contributed by atoms with E-state index < -0.39 is 27.7 Å². The summed E-state index contributed by atoms with van der Waals surface area (Å²) in [6.45, 7) is 1.80. The maximum absolute atomic E-state index is 12.4. The van der Waals surface area contributed by atoms with Gasteiger partial charge in [0.25, 0.3) is 0 Å². The summed E-state index contributed by atoms with van der Waals surface area (Å²) in [4.78, 5) is -0.297. The Bertz CT molecular complexity index is 650. The molecule has 132 valence electrons. The highest BCUT2D eigenvalue weighted by atomic mass is 35.5. The van der Waals surface area contributed by atoms with Crippen LogP contribution in [0.2, 0.25) is 0 Å². The van der Waals surface area contributed by atoms with Crippen LogP contribution in [-0.4, -0.2) is 26.9 Å². The Labute approximate surface area is 138 Å². The maximum atomic E-state index is 12.4. The summed E-state index contributed by atoms with van der Waals surface area (Å²) in [5, 5.41) is 0. The van der Waals surface area contributed by atoms with Crippen molar-refractivity contribution >= 4 is 22.4 Å². The Morgan fingerprint density at radius 2 is 1.96 bits per heavy atom. The Morgan fingerprint density at radius 1 is 1.35 bits per heavy atom. The molecule has 0 spiro atoms. The van der Waals surface area contributed by atoms with E-state index in [9.17, 15) is 21.6 Å². The maximum Gasteiger partial charge on any atom is 0.573 e.